The van der Waals surface area contributed by atoms with E-state index >= 15 is 0 Å². The van der Waals surface area contributed by atoms with Crippen LogP contribution in [0.3, 0.4) is 0 Å². The number of likely N-dealkylation sites (N-methyl/N-ethyl adjacent to an activating group) is 1. The minimum atomic E-state index is -1.07. The maximum absolute atomic E-state index is 12.5. The largest absolute Gasteiger partial charge is 0.485 e. The van der Waals surface area contributed by atoms with Gasteiger partial charge >= 0.3 is 6.09 Å². The Morgan fingerprint density at radius 2 is 1.21 bits per heavy atom. The maximum Gasteiger partial charge on any atom is 0.409 e. The molecule has 0 saturated carbocycles. The summed E-state index contributed by atoms with van der Waals surface area (Å²) in [5, 5.41) is 11.3. The predicted octanol–water partition coefficient (Wildman–Crippen LogP) is 6.80. The van der Waals surface area contributed by atoms with Crippen molar-refractivity contribution in [2.75, 3.05) is 13.6 Å². The van der Waals surface area contributed by atoms with Gasteiger partial charge in [0.25, 0.3) is 0 Å². The molecule has 0 aromatic heterocycles. The smallest absolute Gasteiger partial charge is 0.409 e. The number of benzene rings is 4. The van der Waals surface area contributed by atoms with E-state index in [0.717, 1.165) is 16.7 Å². The quantitative estimate of drug-likeness (QED) is 0.230. The van der Waals surface area contributed by atoms with Gasteiger partial charge in [0.2, 0.25) is 0 Å². The van der Waals surface area contributed by atoms with Crippen LogP contribution in [-0.4, -0.2) is 29.7 Å². The summed E-state index contributed by atoms with van der Waals surface area (Å²) in [7, 11) is 1.56. The van der Waals surface area contributed by atoms with Gasteiger partial charge in [-0.25, -0.2) is 4.79 Å². The van der Waals surface area contributed by atoms with E-state index in [0.29, 0.717) is 35.3 Å². The Kier molecular flexibility index (Phi) is 9.62. The van der Waals surface area contributed by atoms with Gasteiger partial charge in [0.15, 0.2) is 11.5 Å². The molecule has 1 atom stereocenters. The Labute approximate surface area is 228 Å². The molecule has 0 fully saturated rings. The topological polar surface area (TPSA) is 68.2 Å². The lowest BCUT2D eigenvalue weighted by molar-refractivity contribution is 0.0786. The van der Waals surface area contributed by atoms with Gasteiger partial charge in [0.1, 0.15) is 19.8 Å². The molecule has 1 unspecified atom stereocenters. The van der Waals surface area contributed by atoms with E-state index in [4.69, 9.17) is 25.8 Å². The van der Waals surface area contributed by atoms with Crippen molar-refractivity contribution >= 4 is 17.7 Å². The number of ether oxygens (including phenoxy) is 3. The third kappa shape index (κ3) is 7.75. The third-order valence-corrected chi connectivity index (χ3v) is 6.19. The molecule has 0 aliphatic heterocycles. The van der Waals surface area contributed by atoms with E-state index in [-0.39, 0.29) is 13.2 Å². The second-order valence-electron chi connectivity index (χ2n) is 8.81. The van der Waals surface area contributed by atoms with Crippen molar-refractivity contribution in [3.8, 4) is 11.5 Å². The first-order valence-corrected chi connectivity index (χ1v) is 12.6. The lowest BCUT2D eigenvalue weighted by Gasteiger charge is -2.23. The average molecular weight is 532 g/mol. The fraction of sp³-hybridized carbons (Fsp3) is 0.194. The number of carbonyl (C=O) groups excluding carboxylic acids is 1. The molecule has 4 rings (SSSR count). The molecule has 0 spiro atoms. The van der Waals surface area contributed by atoms with Crippen LogP contribution in [0.4, 0.5) is 4.79 Å². The molecular weight excluding hydrogens is 502 g/mol. The van der Waals surface area contributed by atoms with Crippen LogP contribution in [0.5, 0.6) is 11.5 Å². The zero-order valence-corrected chi connectivity index (χ0v) is 21.9. The summed E-state index contributed by atoms with van der Waals surface area (Å²) in [5.74, 6) is 0.902. The van der Waals surface area contributed by atoms with Crippen LogP contribution in [-0.2, 0) is 24.6 Å². The minimum absolute atomic E-state index is 0.0182. The Morgan fingerprint density at radius 3 is 1.71 bits per heavy atom. The normalized spacial score (nSPS) is 11.4. The molecular formula is C31H30ClNO5. The minimum Gasteiger partial charge on any atom is -0.485 e. The summed E-state index contributed by atoms with van der Waals surface area (Å²) < 4.78 is 17.5. The first-order valence-electron chi connectivity index (χ1n) is 12.3. The van der Waals surface area contributed by atoms with Crippen molar-refractivity contribution in [1.29, 1.82) is 0 Å². The van der Waals surface area contributed by atoms with Crippen molar-refractivity contribution in [2.24, 2.45) is 0 Å². The van der Waals surface area contributed by atoms with Gasteiger partial charge in [-0.2, -0.15) is 0 Å². The number of halogens is 1. The third-order valence-electron chi connectivity index (χ3n) is 5.86. The highest BCUT2D eigenvalue weighted by atomic mass is 35.5. The standard InChI is InChI=1S/C31H30ClNO5/c1-33(31(35)38-22-25-15-9-4-10-16-25)19-28(34)26-17-29(36-20-23-11-5-2-6-12-23)30(18-27(26)32)37-21-24-13-7-3-8-14-24/h2-18,28,34H,19-22H2,1H3. The van der Waals surface area contributed by atoms with Crippen LogP contribution in [0, 0.1) is 0 Å². The van der Waals surface area contributed by atoms with E-state index < -0.39 is 12.2 Å². The number of hydrogen-bond acceptors (Lipinski definition) is 5. The highest BCUT2D eigenvalue weighted by molar-refractivity contribution is 6.31. The molecule has 1 N–H and O–H groups in total. The number of carbonyl (C=O) groups is 1. The van der Waals surface area contributed by atoms with Crippen molar-refractivity contribution < 1.29 is 24.1 Å². The zero-order valence-electron chi connectivity index (χ0n) is 21.1. The average Bonchev–Trinajstić information content (AvgIpc) is 2.95. The molecule has 0 bridgehead atoms. The molecule has 0 heterocycles. The van der Waals surface area contributed by atoms with Crippen molar-refractivity contribution in [3.63, 3.8) is 0 Å². The highest BCUT2D eigenvalue weighted by Gasteiger charge is 2.21. The maximum atomic E-state index is 12.5. The molecule has 1 amide bonds. The molecule has 0 saturated heterocycles. The van der Waals surface area contributed by atoms with E-state index in [9.17, 15) is 9.90 Å². The second-order valence-corrected chi connectivity index (χ2v) is 9.21. The van der Waals surface area contributed by atoms with Crippen LogP contribution in [0.15, 0.2) is 103 Å². The first-order chi connectivity index (χ1) is 18.5. The van der Waals surface area contributed by atoms with Gasteiger partial charge in [-0.15, -0.1) is 0 Å². The summed E-state index contributed by atoms with van der Waals surface area (Å²) in [6.45, 7) is 0.768. The van der Waals surface area contributed by atoms with E-state index in [2.05, 4.69) is 0 Å². The summed E-state index contributed by atoms with van der Waals surface area (Å²) in [6, 6.07) is 32.2. The van der Waals surface area contributed by atoms with Crippen LogP contribution < -0.4 is 9.47 Å². The molecule has 196 valence electrons. The van der Waals surface area contributed by atoms with Gasteiger partial charge in [-0.1, -0.05) is 103 Å². The van der Waals surface area contributed by atoms with Crippen LogP contribution in [0.25, 0.3) is 0 Å². The Bertz CT molecular complexity index is 1300. The first kappa shape index (κ1) is 27.0. The second kappa shape index (κ2) is 13.5. The summed E-state index contributed by atoms with van der Waals surface area (Å²) in [4.78, 5) is 13.8. The molecule has 0 aliphatic rings. The predicted molar refractivity (Wildman–Crippen MR) is 147 cm³/mol. The molecule has 6 nitrogen and oxygen atoms in total. The molecule has 7 heteroatoms. The fourth-order valence-electron chi connectivity index (χ4n) is 3.76. The van der Waals surface area contributed by atoms with Gasteiger partial charge in [0.05, 0.1) is 17.7 Å². The molecule has 0 radical (unpaired) electrons. The number of aliphatic hydroxyl groups is 1. The molecule has 38 heavy (non-hydrogen) atoms. The van der Waals surface area contributed by atoms with Crippen LogP contribution in [0.1, 0.15) is 28.4 Å². The Balaban J connectivity index is 1.46. The molecule has 4 aromatic rings. The Hall–Kier alpha value is -4.00. The van der Waals surface area contributed by atoms with E-state index in [1.54, 1.807) is 19.2 Å². The number of hydrogen-bond donors (Lipinski definition) is 1. The van der Waals surface area contributed by atoms with Gasteiger partial charge in [-0.3, -0.25) is 0 Å². The highest BCUT2D eigenvalue weighted by Crippen LogP contribution is 2.37. The summed E-state index contributed by atoms with van der Waals surface area (Å²) >= 11 is 6.57. The number of aliphatic hydroxyl groups excluding tert-OH is 1. The van der Waals surface area contributed by atoms with Crippen LogP contribution in [0.2, 0.25) is 5.02 Å². The lowest BCUT2D eigenvalue weighted by Crippen LogP contribution is -2.31. The van der Waals surface area contributed by atoms with Crippen molar-refractivity contribution in [3.05, 3.63) is 130 Å². The van der Waals surface area contributed by atoms with Crippen LogP contribution >= 0.6 is 11.6 Å². The van der Waals surface area contributed by atoms with Crippen molar-refractivity contribution in [1.82, 2.24) is 4.90 Å². The monoisotopic (exact) mass is 531 g/mol. The molecule has 4 aromatic carbocycles. The van der Waals surface area contributed by atoms with Gasteiger partial charge in [-0.05, 0) is 22.8 Å². The summed E-state index contributed by atoms with van der Waals surface area (Å²) in [6.07, 6.45) is -1.62. The lowest BCUT2D eigenvalue weighted by atomic mass is 10.1. The number of nitrogens with zero attached hydrogens (tertiary/aromatic N) is 1. The van der Waals surface area contributed by atoms with Gasteiger partial charge in [0, 0.05) is 18.7 Å². The Morgan fingerprint density at radius 1 is 0.763 bits per heavy atom. The number of rotatable bonds is 11. The van der Waals surface area contributed by atoms with E-state index in [1.165, 1.54) is 4.90 Å². The van der Waals surface area contributed by atoms with Gasteiger partial charge < -0.3 is 24.2 Å². The van der Waals surface area contributed by atoms with E-state index in [1.807, 2.05) is 91.0 Å². The molecule has 0 aliphatic carbocycles. The summed E-state index contributed by atoms with van der Waals surface area (Å²) in [5.41, 5.74) is 3.28. The SMILES string of the molecule is CN(CC(O)c1cc(OCc2ccccc2)c(OCc2ccccc2)cc1Cl)C(=O)OCc1ccccc1. The number of amides is 1. The zero-order chi connectivity index (χ0) is 26.7. The van der Waals surface area contributed by atoms with Crippen molar-refractivity contribution in [2.45, 2.75) is 25.9 Å². The fourth-order valence-corrected chi connectivity index (χ4v) is 4.04.